The molecule has 0 saturated carbocycles. The fourth-order valence-electron chi connectivity index (χ4n) is 2.28. The zero-order valence-electron chi connectivity index (χ0n) is 15.1. The molecule has 0 spiro atoms. The second kappa shape index (κ2) is 9.69. The average molecular weight is 381 g/mol. The smallest absolute Gasteiger partial charge is 0.459 e. The van der Waals surface area contributed by atoms with Crippen molar-refractivity contribution < 1.29 is 27.9 Å². The molecule has 2 atom stereocenters. The van der Waals surface area contributed by atoms with Crippen LogP contribution in [0.15, 0.2) is 42.5 Å². The Morgan fingerprint density at radius 1 is 1.15 bits per heavy atom. The van der Waals surface area contributed by atoms with E-state index >= 15 is 0 Å². The maximum atomic E-state index is 13.2. The number of carbonyl (C=O) groups excluding carboxylic acids is 1. The minimum atomic E-state index is -3.82. The van der Waals surface area contributed by atoms with E-state index in [0.717, 1.165) is 10.8 Å². The summed E-state index contributed by atoms with van der Waals surface area (Å²) in [6.07, 6.45) is 0.446. The number of carbonyl (C=O) groups is 1. The molecule has 0 aliphatic carbocycles. The van der Waals surface area contributed by atoms with Crippen LogP contribution in [0, 0.1) is 0 Å². The fourth-order valence-corrected chi connectivity index (χ4v) is 3.59. The van der Waals surface area contributed by atoms with E-state index in [2.05, 4.69) is 9.82 Å². The van der Waals surface area contributed by atoms with Crippen LogP contribution < -0.4 is 9.61 Å². The highest BCUT2D eigenvalue weighted by Crippen LogP contribution is 2.46. The van der Waals surface area contributed by atoms with Crippen molar-refractivity contribution in [2.24, 2.45) is 0 Å². The molecule has 142 valence electrons. The molecule has 0 fully saturated rings. The summed E-state index contributed by atoms with van der Waals surface area (Å²) >= 11 is 0. The Balaban J connectivity index is 2.24. The molecule has 1 N–H and O–H groups in total. The number of fused-ring (bicyclic) bond motifs is 1. The fraction of sp³-hybridized carbons (Fsp3) is 0.389. The third kappa shape index (κ3) is 5.54. The predicted octanol–water partition coefficient (Wildman–Crippen LogP) is 3.53. The van der Waals surface area contributed by atoms with Crippen molar-refractivity contribution in [1.82, 2.24) is 5.09 Å². The Morgan fingerprint density at radius 3 is 2.58 bits per heavy atom. The zero-order chi connectivity index (χ0) is 19.0. The van der Waals surface area contributed by atoms with Crippen molar-refractivity contribution >= 4 is 24.5 Å². The lowest BCUT2D eigenvalue weighted by Gasteiger charge is -2.22. The van der Waals surface area contributed by atoms with Crippen LogP contribution >= 0.6 is 7.75 Å². The van der Waals surface area contributed by atoms with Crippen molar-refractivity contribution in [3.05, 3.63) is 42.5 Å². The van der Waals surface area contributed by atoms with Crippen LogP contribution in [0.2, 0.25) is 0 Å². The standard InChI is InChI=1S/C18H24NO6P/c1-4-15(22-2)13-24-26(21,19-12-18(20)23-3)25-17-11-7-9-14-8-5-6-10-16(14)17/h5-11,15H,4,12-13H2,1-3H3,(H,19,21). The number of hydrogen-bond donors (Lipinski definition) is 1. The Morgan fingerprint density at radius 2 is 1.88 bits per heavy atom. The van der Waals surface area contributed by atoms with Gasteiger partial charge in [0.2, 0.25) is 0 Å². The van der Waals surface area contributed by atoms with Gasteiger partial charge in [-0.1, -0.05) is 43.3 Å². The summed E-state index contributed by atoms with van der Waals surface area (Å²) in [7, 11) is -1.02. The summed E-state index contributed by atoms with van der Waals surface area (Å²) in [6, 6.07) is 13.0. The van der Waals surface area contributed by atoms with Gasteiger partial charge < -0.3 is 14.0 Å². The van der Waals surface area contributed by atoms with Crippen LogP contribution in [0.5, 0.6) is 5.75 Å². The molecule has 0 radical (unpaired) electrons. The Bertz CT molecular complexity index is 772. The van der Waals surface area contributed by atoms with Crippen molar-refractivity contribution in [2.45, 2.75) is 19.4 Å². The van der Waals surface area contributed by atoms with Gasteiger partial charge in [0, 0.05) is 12.5 Å². The first-order valence-electron chi connectivity index (χ1n) is 8.28. The number of esters is 1. The van der Waals surface area contributed by atoms with E-state index in [1.165, 1.54) is 7.11 Å². The SMILES string of the molecule is CCC(COP(=O)(NCC(=O)OC)Oc1cccc2ccccc12)OC. The first kappa shape index (κ1) is 20.4. The highest BCUT2D eigenvalue weighted by atomic mass is 31.2. The largest absolute Gasteiger partial charge is 0.468 e. The van der Waals surface area contributed by atoms with Gasteiger partial charge in [-0.25, -0.2) is 9.65 Å². The molecular weight excluding hydrogens is 357 g/mol. The van der Waals surface area contributed by atoms with Crippen molar-refractivity contribution in [2.75, 3.05) is 27.4 Å². The Kier molecular flexibility index (Phi) is 7.60. The van der Waals surface area contributed by atoms with Crippen molar-refractivity contribution in [1.29, 1.82) is 0 Å². The van der Waals surface area contributed by atoms with Crippen LogP contribution in [0.4, 0.5) is 0 Å². The third-order valence-corrected chi connectivity index (χ3v) is 5.30. The number of rotatable bonds is 10. The summed E-state index contributed by atoms with van der Waals surface area (Å²) in [5.74, 6) is -0.177. The first-order chi connectivity index (χ1) is 12.5. The van der Waals surface area contributed by atoms with Crippen LogP contribution in [-0.4, -0.2) is 39.4 Å². The minimum absolute atomic E-state index is 0.0587. The zero-order valence-corrected chi connectivity index (χ0v) is 16.0. The van der Waals surface area contributed by atoms with Gasteiger partial charge in [0.1, 0.15) is 12.3 Å². The van der Waals surface area contributed by atoms with Gasteiger partial charge in [0.25, 0.3) is 0 Å². The average Bonchev–Trinajstić information content (AvgIpc) is 2.67. The molecule has 8 heteroatoms. The molecule has 0 amide bonds. The molecule has 26 heavy (non-hydrogen) atoms. The summed E-state index contributed by atoms with van der Waals surface area (Å²) < 4.78 is 34.2. The number of methoxy groups -OCH3 is 2. The molecule has 0 bridgehead atoms. The van der Waals surface area contributed by atoms with E-state index in [9.17, 15) is 9.36 Å². The van der Waals surface area contributed by atoms with Gasteiger partial charge in [-0.15, -0.1) is 0 Å². The topological polar surface area (TPSA) is 83.1 Å². The van der Waals surface area contributed by atoms with Gasteiger partial charge in [-0.2, -0.15) is 0 Å². The number of ether oxygens (including phenoxy) is 2. The van der Waals surface area contributed by atoms with Crippen molar-refractivity contribution in [3.63, 3.8) is 0 Å². The van der Waals surface area contributed by atoms with E-state index in [1.807, 2.05) is 37.3 Å². The summed E-state index contributed by atoms with van der Waals surface area (Å²) in [6.45, 7) is 1.68. The van der Waals surface area contributed by atoms with Gasteiger partial charge in [-0.05, 0) is 17.9 Å². The lowest BCUT2D eigenvalue weighted by atomic mass is 10.1. The highest BCUT2D eigenvalue weighted by Gasteiger charge is 2.29. The maximum Gasteiger partial charge on any atom is 0.459 e. The van der Waals surface area contributed by atoms with E-state index in [-0.39, 0.29) is 19.3 Å². The molecule has 0 saturated heterocycles. The summed E-state index contributed by atoms with van der Waals surface area (Å²) in [5, 5.41) is 4.27. The molecule has 0 aliphatic rings. The molecule has 0 aliphatic heterocycles. The molecule has 7 nitrogen and oxygen atoms in total. The van der Waals surface area contributed by atoms with Gasteiger partial charge in [-0.3, -0.25) is 9.32 Å². The number of nitrogens with one attached hydrogen (secondary N) is 1. The maximum absolute atomic E-state index is 13.2. The molecule has 2 aromatic rings. The lowest BCUT2D eigenvalue weighted by Crippen LogP contribution is -2.27. The van der Waals surface area contributed by atoms with Crippen LogP contribution in [0.3, 0.4) is 0 Å². The Labute approximate surface area is 153 Å². The summed E-state index contributed by atoms with van der Waals surface area (Å²) in [5.41, 5.74) is 0. The second-order valence-electron chi connectivity index (χ2n) is 5.54. The third-order valence-electron chi connectivity index (χ3n) is 3.83. The monoisotopic (exact) mass is 381 g/mol. The molecule has 2 unspecified atom stereocenters. The second-order valence-corrected chi connectivity index (χ2v) is 7.29. The van der Waals surface area contributed by atoms with Crippen molar-refractivity contribution in [3.8, 4) is 5.75 Å². The minimum Gasteiger partial charge on any atom is -0.468 e. The number of hydrogen-bond acceptors (Lipinski definition) is 6. The van der Waals surface area contributed by atoms with Gasteiger partial charge >= 0.3 is 13.7 Å². The molecular formula is C18H24NO6P. The number of benzene rings is 2. The first-order valence-corrected chi connectivity index (χ1v) is 9.82. The van der Waals surface area contributed by atoms with E-state index < -0.39 is 13.7 Å². The normalized spacial score (nSPS) is 14.6. The van der Waals surface area contributed by atoms with Crippen LogP contribution in [0.25, 0.3) is 10.8 Å². The quantitative estimate of drug-likeness (QED) is 0.498. The molecule has 2 rings (SSSR count). The molecule has 2 aromatic carbocycles. The van der Waals surface area contributed by atoms with Crippen LogP contribution in [0.1, 0.15) is 13.3 Å². The van der Waals surface area contributed by atoms with E-state index in [0.29, 0.717) is 12.2 Å². The molecule has 0 heterocycles. The molecule has 0 aromatic heterocycles. The highest BCUT2D eigenvalue weighted by molar-refractivity contribution is 7.52. The lowest BCUT2D eigenvalue weighted by molar-refractivity contribution is -0.139. The van der Waals surface area contributed by atoms with E-state index in [1.54, 1.807) is 19.2 Å². The van der Waals surface area contributed by atoms with E-state index in [4.69, 9.17) is 13.8 Å². The summed E-state index contributed by atoms with van der Waals surface area (Å²) in [4.78, 5) is 11.4. The van der Waals surface area contributed by atoms with Gasteiger partial charge in [0.15, 0.2) is 0 Å². The van der Waals surface area contributed by atoms with Crippen LogP contribution in [-0.2, 0) is 23.4 Å². The Hall–Kier alpha value is -1.92. The van der Waals surface area contributed by atoms with Gasteiger partial charge in [0.05, 0.1) is 19.8 Å². The predicted molar refractivity (Wildman–Crippen MR) is 99.2 cm³/mol.